The number of imide groups is 1. The van der Waals surface area contributed by atoms with E-state index in [1.54, 1.807) is 6.92 Å². The molecule has 2 heterocycles. The van der Waals surface area contributed by atoms with E-state index in [4.69, 9.17) is 4.84 Å². The Labute approximate surface area is 114 Å². The fourth-order valence-electron chi connectivity index (χ4n) is 2.36. The molecule has 19 heavy (non-hydrogen) atoms. The summed E-state index contributed by atoms with van der Waals surface area (Å²) in [4.78, 5) is 31.1. The van der Waals surface area contributed by atoms with Crippen LogP contribution in [0.5, 0.6) is 0 Å². The van der Waals surface area contributed by atoms with Crippen molar-refractivity contribution in [2.45, 2.75) is 59.0 Å². The van der Waals surface area contributed by atoms with Gasteiger partial charge >= 0.3 is 0 Å². The van der Waals surface area contributed by atoms with Gasteiger partial charge in [-0.2, -0.15) is 0 Å². The Hall–Kier alpha value is -1.39. The predicted molar refractivity (Wildman–Crippen MR) is 71.6 cm³/mol. The lowest BCUT2D eigenvalue weighted by Crippen LogP contribution is -2.51. The molecule has 0 radical (unpaired) electrons. The maximum atomic E-state index is 12.5. The normalized spacial score (nSPS) is 28.1. The third kappa shape index (κ3) is 2.65. The van der Waals surface area contributed by atoms with E-state index in [9.17, 15) is 9.59 Å². The zero-order valence-corrected chi connectivity index (χ0v) is 12.2. The molecule has 5 heteroatoms. The molecule has 2 rings (SSSR count). The first-order chi connectivity index (χ1) is 8.74. The number of hydrogen-bond donors (Lipinski definition) is 0. The molecule has 1 atom stereocenters. The van der Waals surface area contributed by atoms with E-state index in [-0.39, 0.29) is 17.2 Å². The minimum Gasteiger partial charge on any atom is -0.379 e. The van der Waals surface area contributed by atoms with Gasteiger partial charge in [-0.1, -0.05) is 25.9 Å². The number of carbonyl (C=O) groups is 2. The first-order valence-corrected chi connectivity index (χ1v) is 6.84. The summed E-state index contributed by atoms with van der Waals surface area (Å²) in [6, 6.07) is 0. The Morgan fingerprint density at radius 3 is 2.58 bits per heavy atom. The summed E-state index contributed by atoms with van der Waals surface area (Å²) >= 11 is 0. The van der Waals surface area contributed by atoms with E-state index >= 15 is 0 Å². The lowest BCUT2D eigenvalue weighted by molar-refractivity contribution is -0.161. The molecule has 0 aliphatic carbocycles. The number of nitrogens with zero attached hydrogens (tertiary/aromatic N) is 2. The van der Waals surface area contributed by atoms with Crippen molar-refractivity contribution in [3.8, 4) is 0 Å². The largest absolute Gasteiger partial charge is 0.379 e. The fraction of sp³-hybridized carbons (Fsp3) is 0.786. The monoisotopic (exact) mass is 266 g/mol. The average Bonchev–Trinajstić information content (AvgIpc) is 2.73. The van der Waals surface area contributed by atoms with Crippen molar-refractivity contribution in [2.75, 3.05) is 6.54 Å². The molecule has 2 amide bonds. The van der Waals surface area contributed by atoms with Gasteiger partial charge in [0.25, 0.3) is 5.91 Å². The lowest BCUT2D eigenvalue weighted by Gasteiger charge is -2.31. The Morgan fingerprint density at radius 1 is 1.37 bits per heavy atom. The minimum atomic E-state index is -1.02. The van der Waals surface area contributed by atoms with Crippen LogP contribution in [0.2, 0.25) is 0 Å². The van der Waals surface area contributed by atoms with Crippen molar-refractivity contribution >= 4 is 17.5 Å². The highest BCUT2D eigenvalue weighted by Gasteiger charge is 2.48. The van der Waals surface area contributed by atoms with Gasteiger partial charge in [0.2, 0.25) is 11.5 Å². The van der Waals surface area contributed by atoms with Crippen LogP contribution >= 0.6 is 0 Å². The lowest BCUT2D eigenvalue weighted by atomic mass is 9.83. The maximum Gasteiger partial charge on any atom is 0.276 e. The SMILES string of the molecule is CC(C)(C)C1=NO[C@](C)(C(=O)N2CCCCC2=O)C1. The molecule has 1 fully saturated rings. The molecular formula is C14H22N2O3. The third-order valence-electron chi connectivity index (χ3n) is 3.75. The summed E-state index contributed by atoms with van der Waals surface area (Å²) in [7, 11) is 0. The van der Waals surface area contributed by atoms with E-state index < -0.39 is 5.60 Å². The van der Waals surface area contributed by atoms with Gasteiger partial charge in [0.1, 0.15) is 0 Å². The summed E-state index contributed by atoms with van der Waals surface area (Å²) in [6.45, 7) is 8.34. The van der Waals surface area contributed by atoms with E-state index in [0.717, 1.165) is 18.6 Å². The average molecular weight is 266 g/mol. The zero-order chi connectivity index (χ0) is 14.3. The van der Waals surface area contributed by atoms with Crippen LogP contribution in [0, 0.1) is 5.41 Å². The molecule has 0 aromatic rings. The topological polar surface area (TPSA) is 59.0 Å². The molecule has 0 aromatic carbocycles. The first kappa shape index (κ1) is 14.0. The molecular weight excluding hydrogens is 244 g/mol. The Kier molecular flexibility index (Phi) is 3.41. The second-order valence-electron chi connectivity index (χ2n) is 6.59. The Morgan fingerprint density at radius 2 is 2.05 bits per heavy atom. The number of hydrogen-bond acceptors (Lipinski definition) is 4. The van der Waals surface area contributed by atoms with E-state index in [1.165, 1.54) is 4.90 Å². The number of carbonyl (C=O) groups excluding carboxylic acids is 2. The molecule has 0 saturated carbocycles. The molecule has 0 bridgehead atoms. The van der Waals surface area contributed by atoms with Gasteiger partial charge in [0, 0.05) is 24.8 Å². The summed E-state index contributed by atoms with van der Waals surface area (Å²) in [5.41, 5.74) is -0.271. The molecule has 0 aromatic heterocycles. The van der Waals surface area contributed by atoms with Crippen molar-refractivity contribution in [3.05, 3.63) is 0 Å². The number of rotatable bonds is 1. The molecule has 106 valence electrons. The number of piperidine rings is 1. The minimum absolute atomic E-state index is 0.0923. The van der Waals surface area contributed by atoms with Gasteiger partial charge in [-0.15, -0.1) is 0 Å². The van der Waals surface area contributed by atoms with Crippen molar-refractivity contribution in [1.82, 2.24) is 4.90 Å². The van der Waals surface area contributed by atoms with Gasteiger partial charge in [0.15, 0.2) is 0 Å². The van der Waals surface area contributed by atoms with Crippen LogP contribution in [0.1, 0.15) is 53.4 Å². The second kappa shape index (κ2) is 4.62. The molecule has 0 N–H and O–H groups in total. The standard InChI is InChI=1S/C14H22N2O3/c1-13(2,3)10-9-14(4,19-15-10)12(18)16-8-6-5-7-11(16)17/h5-9H2,1-4H3/t14-/m0/s1. The molecule has 0 unspecified atom stereocenters. The number of likely N-dealkylation sites (tertiary alicyclic amines) is 1. The molecule has 2 aliphatic rings. The first-order valence-electron chi connectivity index (χ1n) is 6.84. The fourth-order valence-corrected chi connectivity index (χ4v) is 2.36. The van der Waals surface area contributed by atoms with Crippen LogP contribution in [0.15, 0.2) is 5.16 Å². The van der Waals surface area contributed by atoms with E-state index in [2.05, 4.69) is 5.16 Å². The van der Waals surface area contributed by atoms with Crippen LogP contribution in [0.3, 0.4) is 0 Å². The van der Waals surface area contributed by atoms with Gasteiger partial charge in [0.05, 0.1) is 5.71 Å². The van der Waals surface area contributed by atoms with Gasteiger partial charge < -0.3 is 4.84 Å². The van der Waals surface area contributed by atoms with Crippen LogP contribution in [-0.4, -0.2) is 34.6 Å². The third-order valence-corrected chi connectivity index (χ3v) is 3.75. The summed E-state index contributed by atoms with van der Waals surface area (Å²) in [5.74, 6) is -0.342. The van der Waals surface area contributed by atoms with Crippen molar-refractivity contribution in [1.29, 1.82) is 0 Å². The van der Waals surface area contributed by atoms with Crippen LogP contribution in [0.4, 0.5) is 0 Å². The second-order valence-corrected chi connectivity index (χ2v) is 6.59. The van der Waals surface area contributed by atoms with Crippen LogP contribution in [-0.2, 0) is 14.4 Å². The maximum absolute atomic E-state index is 12.5. The highest BCUT2D eigenvalue weighted by Crippen LogP contribution is 2.33. The van der Waals surface area contributed by atoms with Crippen molar-refractivity contribution in [2.24, 2.45) is 10.6 Å². The predicted octanol–water partition coefficient (Wildman–Crippen LogP) is 2.11. The summed E-state index contributed by atoms with van der Waals surface area (Å²) in [5, 5.41) is 4.06. The molecule has 2 aliphatic heterocycles. The number of amides is 2. The number of oxime groups is 1. The summed E-state index contributed by atoms with van der Waals surface area (Å²) < 4.78 is 0. The van der Waals surface area contributed by atoms with Gasteiger partial charge in [-0.25, -0.2) is 0 Å². The van der Waals surface area contributed by atoms with Gasteiger partial charge in [-0.3, -0.25) is 14.5 Å². The van der Waals surface area contributed by atoms with E-state index in [0.29, 0.717) is 19.4 Å². The Balaban J connectivity index is 2.10. The van der Waals surface area contributed by atoms with Crippen molar-refractivity contribution in [3.63, 3.8) is 0 Å². The van der Waals surface area contributed by atoms with Crippen LogP contribution < -0.4 is 0 Å². The zero-order valence-electron chi connectivity index (χ0n) is 12.2. The molecule has 0 spiro atoms. The Bertz CT molecular complexity index is 436. The van der Waals surface area contributed by atoms with E-state index in [1.807, 2.05) is 20.8 Å². The van der Waals surface area contributed by atoms with Gasteiger partial charge in [-0.05, 0) is 19.8 Å². The molecule has 5 nitrogen and oxygen atoms in total. The highest BCUT2D eigenvalue weighted by atomic mass is 16.7. The quantitative estimate of drug-likeness (QED) is 0.683. The summed E-state index contributed by atoms with van der Waals surface area (Å²) in [6.07, 6.45) is 2.65. The highest BCUT2D eigenvalue weighted by molar-refractivity contribution is 6.04. The van der Waals surface area contributed by atoms with Crippen LogP contribution in [0.25, 0.3) is 0 Å². The smallest absolute Gasteiger partial charge is 0.276 e. The van der Waals surface area contributed by atoms with Crippen molar-refractivity contribution < 1.29 is 14.4 Å². The molecule has 1 saturated heterocycles.